The number of rotatable bonds is 13. The molecule has 15 N–H and O–H groups in total. The Morgan fingerprint density at radius 2 is 1.06 bits per heavy atom. The number of carboxylic acid groups (broad SMARTS) is 2. The summed E-state index contributed by atoms with van der Waals surface area (Å²) in [5, 5.41) is 65.0. The van der Waals surface area contributed by atoms with E-state index in [1.807, 2.05) is 6.07 Å². The topological polar surface area (TPSA) is 471 Å². The fourth-order valence-corrected chi connectivity index (χ4v) is 13.3. The van der Waals surface area contributed by atoms with E-state index in [-0.39, 0.29) is 92.8 Å². The number of phenols is 2. The molecule has 33 heteroatoms. The Bertz CT molecular complexity index is 3760. The highest BCUT2D eigenvalue weighted by molar-refractivity contribution is 7.98. The number of aromatic amines is 1. The van der Waals surface area contributed by atoms with E-state index in [1.165, 1.54) is 72.8 Å². The van der Waals surface area contributed by atoms with Gasteiger partial charge in [-0.1, -0.05) is 65.8 Å². The van der Waals surface area contributed by atoms with Gasteiger partial charge in [-0.05, 0) is 103 Å². The van der Waals surface area contributed by atoms with Gasteiger partial charge in [-0.3, -0.25) is 57.5 Å². The van der Waals surface area contributed by atoms with E-state index in [1.54, 1.807) is 42.5 Å². The van der Waals surface area contributed by atoms with Gasteiger partial charge in [-0.25, -0.2) is 4.98 Å². The summed E-state index contributed by atoms with van der Waals surface area (Å²) in [5.41, 5.74) is 8.93. The van der Waals surface area contributed by atoms with Crippen LogP contribution in [0.3, 0.4) is 0 Å². The van der Waals surface area contributed by atoms with E-state index in [0.717, 1.165) is 22.9 Å². The Hall–Kier alpha value is -10.7. The number of amides is 10. The summed E-state index contributed by atoms with van der Waals surface area (Å²) in [4.78, 5) is 183. The van der Waals surface area contributed by atoms with Crippen molar-refractivity contribution in [2.75, 3.05) is 31.3 Å². The Kier molecular flexibility index (Phi) is 28.6. The number of nitrogens with one attached hydrogen (secondary N) is 9. The van der Waals surface area contributed by atoms with Crippen LogP contribution in [0.2, 0.25) is 0 Å². The lowest BCUT2D eigenvalue weighted by Crippen LogP contribution is -2.61. The van der Waals surface area contributed by atoms with Crippen LogP contribution < -0.4 is 53.0 Å². The van der Waals surface area contributed by atoms with Gasteiger partial charge in [-0.15, -0.1) is 0 Å². The molecule has 0 spiro atoms. The summed E-state index contributed by atoms with van der Waals surface area (Å²) >= 11 is 2.34. The third-order valence-corrected chi connectivity index (χ3v) is 18.7. The van der Waals surface area contributed by atoms with Gasteiger partial charge in [0.05, 0.1) is 25.8 Å². The number of nitrogens with two attached hydrogens (primary N) is 1. The highest BCUT2D eigenvalue weighted by Gasteiger charge is 2.41. The van der Waals surface area contributed by atoms with E-state index >= 15 is 9.59 Å². The fourth-order valence-electron chi connectivity index (χ4n) is 11.3. The van der Waals surface area contributed by atoms with Crippen LogP contribution in [-0.2, 0) is 99.6 Å². The molecule has 0 aliphatic carbocycles. The number of carbonyl (C=O) groups excluding carboxylic acids is 10. The summed E-state index contributed by atoms with van der Waals surface area (Å²) in [6.45, 7) is 0.295. The number of primary amides is 1. The molecular weight excluding hydrogens is 1350 g/mol. The zero-order valence-electron chi connectivity index (χ0n) is 54.8. The summed E-state index contributed by atoms with van der Waals surface area (Å²) in [5.74, 6) is -12.8. The van der Waals surface area contributed by atoms with Crippen LogP contribution in [0.25, 0.3) is 0 Å². The number of nitrogens with zero attached hydrogens (tertiary/aromatic N) is 3. The van der Waals surface area contributed by atoms with Gasteiger partial charge >= 0.3 is 11.9 Å². The average Bonchev–Trinajstić information content (AvgIpc) is 1.76. The van der Waals surface area contributed by atoms with E-state index in [4.69, 9.17) is 15.3 Å². The minimum absolute atomic E-state index is 0.0337. The van der Waals surface area contributed by atoms with Crippen LogP contribution in [0.5, 0.6) is 17.2 Å². The van der Waals surface area contributed by atoms with Crippen LogP contribution in [-0.4, -0.2) is 198 Å². The number of aromatic nitrogens is 2. The monoisotopic (exact) mass is 1430 g/mol. The predicted molar refractivity (Wildman–Crippen MR) is 367 cm³/mol. The zero-order chi connectivity index (χ0) is 72.4. The first-order chi connectivity index (χ1) is 48.5. The summed E-state index contributed by atoms with van der Waals surface area (Å²) in [7, 11) is 0. The van der Waals surface area contributed by atoms with Crippen molar-refractivity contribution >= 4 is 101 Å². The van der Waals surface area contributed by atoms with Crippen molar-refractivity contribution in [2.45, 2.75) is 143 Å². The predicted octanol–water partition coefficient (Wildman–Crippen LogP) is 0.531. The molecule has 101 heavy (non-hydrogen) atoms. The summed E-state index contributed by atoms with van der Waals surface area (Å²) in [6.07, 6.45) is 3.12. The molecule has 4 aromatic carbocycles. The lowest BCUT2D eigenvalue weighted by atomic mass is 10.0. The zero-order valence-corrected chi connectivity index (χ0v) is 56.5. The first-order valence-electron chi connectivity index (χ1n) is 32.6. The average molecular weight is 1430 g/mol. The Balaban J connectivity index is 1.20. The van der Waals surface area contributed by atoms with Crippen LogP contribution in [0.15, 0.2) is 115 Å². The highest BCUT2D eigenvalue weighted by Crippen LogP contribution is 2.27. The second-order valence-electron chi connectivity index (χ2n) is 24.3. The van der Waals surface area contributed by atoms with Crippen LogP contribution in [0.4, 0.5) is 0 Å². The molecule has 1 fully saturated rings. The van der Waals surface area contributed by atoms with Gasteiger partial charge in [0.2, 0.25) is 53.2 Å². The second kappa shape index (κ2) is 38.0. The summed E-state index contributed by atoms with van der Waals surface area (Å²) < 4.78 is 6.28. The van der Waals surface area contributed by atoms with Crippen molar-refractivity contribution in [3.05, 3.63) is 143 Å². The van der Waals surface area contributed by atoms with Gasteiger partial charge in [0, 0.05) is 67.1 Å². The molecule has 8 rings (SSSR count). The molecule has 3 aliphatic heterocycles. The quantitative estimate of drug-likeness (QED) is 0.0764. The number of fused-ring (bicyclic) bond motifs is 6. The van der Waals surface area contributed by atoms with E-state index < -0.39 is 138 Å². The number of carbonyl (C=O) groups is 12. The summed E-state index contributed by atoms with van der Waals surface area (Å²) in [6, 6.07) is 10.6. The number of thioether (sulfide) groups is 2. The molecule has 10 amide bonds. The first kappa shape index (κ1) is 76.1. The lowest BCUT2D eigenvalue weighted by Gasteiger charge is -2.31. The smallest absolute Gasteiger partial charge is 0.305 e. The maximum absolute atomic E-state index is 15.2. The van der Waals surface area contributed by atoms with Crippen molar-refractivity contribution < 1.29 is 87.5 Å². The molecule has 1 aromatic heterocycles. The second-order valence-corrected chi connectivity index (χ2v) is 26.4. The number of phenolic OH excluding ortho intramolecular Hbond substituents is 2. The standard InChI is InChI=1S/C68H81N13O18S2/c69-60(89)54-36-100-34-42-23-43-25-47(24-42)98-21-6-1-2-7-22-99-72-33-57(84)73-51(30-58(85)86)64(93)80-55(37-101-35-43)66(95)78-53(28-41-14-18-46(83)19-15-41)68(97)81-20-8-11-56(81)67(96)77-52(31-59(87)88)65(94)75-48(26-39-9-4-3-5-10-39)61(90)74-49(27-40-12-16-45(82)17-13-40)62(91)76-50(63(92)79-54)29-44-32-70-38-71-44/h3-5,9-10,12-19,23-25,32-33,38,48-56,82-83H,1-2,6-8,11,20-22,26-31,34-37H2,(H2,69,89)(H,70,71)(H,73,84)(H,74,90)(H,75,94)(H,76,91)(H,77,96)(H,78,95)(H,79,92)(H,80,93)(H,85,86)(H,87,88)/b72-33+/t48-,49-,50-,51-,52-,53-,54-,55-,56-/m0/s1. The number of H-pyrrole nitrogens is 1. The number of aliphatic carboxylic acids is 2. The lowest BCUT2D eigenvalue weighted by molar-refractivity contribution is -0.144. The molecular formula is C68H81N13O18S2. The van der Waals surface area contributed by atoms with Gasteiger partial charge in [0.1, 0.15) is 84.4 Å². The van der Waals surface area contributed by atoms with Crippen molar-refractivity contribution in [2.24, 2.45) is 10.9 Å². The van der Waals surface area contributed by atoms with E-state index in [9.17, 15) is 68.4 Å². The number of oxime groups is 1. The number of hydrogen-bond acceptors (Lipinski definition) is 20. The van der Waals surface area contributed by atoms with Crippen molar-refractivity contribution in [1.82, 2.24) is 57.4 Å². The third-order valence-electron chi connectivity index (χ3n) is 16.5. The van der Waals surface area contributed by atoms with Crippen LogP contribution in [0, 0.1) is 0 Å². The van der Waals surface area contributed by atoms with Gasteiger partial charge in [0.15, 0.2) is 0 Å². The van der Waals surface area contributed by atoms with Gasteiger partial charge in [0.25, 0.3) is 5.91 Å². The molecule has 0 saturated carbocycles. The minimum Gasteiger partial charge on any atom is -0.508 e. The number of hydrogen-bond donors (Lipinski definition) is 14. The Labute approximate surface area is 588 Å². The van der Waals surface area contributed by atoms with Crippen molar-refractivity contribution in [1.29, 1.82) is 0 Å². The Morgan fingerprint density at radius 1 is 0.545 bits per heavy atom. The largest absolute Gasteiger partial charge is 0.508 e. The maximum atomic E-state index is 15.2. The molecule has 0 radical (unpaired) electrons. The van der Waals surface area contributed by atoms with Gasteiger partial charge in [-0.2, -0.15) is 23.5 Å². The molecule has 538 valence electrons. The van der Waals surface area contributed by atoms with Crippen LogP contribution in [0.1, 0.15) is 84.9 Å². The molecule has 5 aromatic rings. The minimum atomic E-state index is -1.93. The molecule has 3 aliphatic rings. The maximum Gasteiger partial charge on any atom is 0.305 e. The molecule has 31 nitrogen and oxygen atoms in total. The normalized spacial score (nSPS) is 23.7. The number of ether oxygens (including phenoxy) is 1. The SMILES string of the molecule is NC(=O)[C@@H]1CSCc2cc3cc(c2)OCCCCCCO/N=C/C(=O)N[C@@H](CC(=O)O)C(=O)N[C@@H](CSC3)C(=O)N[C@@H](Cc2ccc(O)cc2)C(=O)N2CCC[C@H]2C(=O)N[C@@H](CC(=O)O)C(=O)N[C@@H](Cc2ccccc2)C(=O)N[C@@H](Cc2ccc(O)cc2)C(=O)N[C@@H](Cc2cnc[nH]2)C(=O)N1. The first-order valence-corrected chi connectivity index (χ1v) is 34.9. The molecule has 4 heterocycles. The number of benzene rings is 4. The molecule has 1 saturated heterocycles. The third kappa shape index (κ3) is 24.3. The molecule has 0 unspecified atom stereocenters. The fraction of sp³-hybridized carbons (Fsp3) is 0.412. The van der Waals surface area contributed by atoms with Crippen LogP contribution >= 0.6 is 23.5 Å². The number of carboxylic acids is 2. The van der Waals surface area contributed by atoms with Crippen molar-refractivity contribution in [3.63, 3.8) is 0 Å². The van der Waals surface area contributed by atoms with Gasteiger partial charge < -0.3 is 88.2 Å². The molecule has 4 bridgehead atoms. The Morgan fingerprint density at radius 3 is 1.64 bits per heavy atom. The number of aromatic hydroxyl groups is 2. The number of imidazole rings is 1. The van der Waals surface area contributed by atoms with E-state index in [0.29, 0.717) is 64.9 Å². The highest BCUT2D eigenvalue weighted by atomic mass is 32.2. The van der Waals surface area contributed by atoms with E-state index in [2.05, 4.69) is 57.7 Å². The molecule has 9 atom stereocenters. The van der Waals surface area contributed by atoms with Crippen molar-refractivity contribution in [3.8, 4) is 17.2 Å².